The van der Waals surface area contributed by atoms with Crippen molar-refractivity contribution in [3.05, 3.63) is 35.9 Å². The Kier molecular flexibility index (Phi) is 3.73. The molecule has 0 unspecified atom stereocenters. The first-order valence-electron chi connectivity index (χ1n) is 7.45. The van der Waals surface area contributed by atoms with Crippen LogP contribution in [0.3, 0.4) is 0 Å². The van der Waals surface area contributed by atoms with Gasteiger partial charge in [-0.15, -0.1) is 0 Å². The van der Waals surface area contributed by atoms with Gasteiger partial charge < -0.3 is 20.3 Å². The molecule has 114 valence electrons. The second kappa shape index (κ2) is 5.40. The molecule has 1 aliphatic carbocycles. The van der Waals surface area contributed by atoms with E-state index in [4.69, 9.17) is 4.74 Å². The van der Waals surface area contributed by atoms with Gasteiger partial charge in [0, 0.05) is 6.42 Å². The second-order valence-electron chi connectivity index (χ2n) is 6.05. The summed E-state index contributed by atoms with van der Waals surface area (Å²) in [5.41, 5.74) is -1.28. The van der Waals surface area contributed by atoms with E-state index in [1.807, 2.05) is 30.3 Å². The Hall–Kier alpha value is -1.43. The number of nitrogens with one attached hydrogen (secondary N) is 1. The van der Waals surface area contributed by atoms with Crippen LogP contribution in [0.15, 0.2) is 30.3 Å². The lowest BCUT2D eigenvalue weighted by Crippen LogP contribution is -2.73. The highest BCUT2D eigenvalue weighted by atomic mass is 16.5. The number of hydrogen-bond donors (Lipinski definition) is 3. The summed E-state index contributed by atoms with van der Waals surface area (Å²) >= 11 is 0. The Labute approximate surface area is 123 Å². The summed E-state index contributed by atoms with van der Waals surface area (Å²) in [6.45, 7) is 0.353. The molecule has 0 bridgehead atoms. The van der Waals surface area contributed by atoms with Gasteiger partial charge in [-0.2, -0.15) is 0 Å². The van der Waals surface area contributed by atoms with Crippen LogP contribution in [0.2, 0.25) is 0 Å². The molecular formula is C16H21NO4. The van der Waals surface area contributed by atoms with Crippen LogP contribution in [0.1, 0.15) is 37.7 Å². The maximum absolute atomic E-state index is 11.7. The summed E-state index contributed by atoms with van der Waals surface area (Å²) in [5.74, 6) is -0.515. The number of carbonyl (C=O) groups is 1. The molecule has 5 nitrogen and oxygen atoms in total. The zero-order valence-corrected chi connectivity index (χ0v) is 11.9. The highest BCUT2D eigenvalue weighted by molar-refractivity contribution is 5.82. The van der Waals surface area contributed by atoms with Crippen LogP contribution in [0.5, 0.6) is 0 Å². The zero-order chi connectivity index (χ0) is 14.9. The van der Waals surface area contributed by atoms with Crippen molar-refractivity contribution in [2.75, 3.05) is 0 Å². The number of hydrogen-bond acceptors (Lipinski definition) is 4. The van der Waals surface area contributed by atoms with Crippen molar-refractivity contribution < 1.29 is 19.7 Å². The maximum Gasteiger partial charge on any atom is 0.251 e. The van der Waals surface area contributed by atoms with E-state index < -0.39 is 23.3 Å². The van der Waals surface area contributed by atoms with Crippen LogP contribution in [0, 0.1) is 0 Å². The first kappa shape index (κ1) is 14.5. The molecule has 3 N–H and O–H groups in total. The predicted molar refractivity (Wildman–Crippen MR) is 76.1 cm³/mol. The highest BCUT2D eigenvalue weighted by Crippen LogP contribution is 2.44. The van der Waals surface area contributed by atoms with Crippen LogP contribution in [0.25, 0.3) is 0 Å². The lowest BCUT2D eigenvalue weighted by atomic mass is 9.71. The number of rotatable bonds is 3. The number of ether oxygens (including phenoxy) is 1. The van der Waals surface area contributed by atoms with Gasteiger partial charge >= 0.3 is 0 Å². The first-order valence-corrected chi connectivity index (χ1v) is 7.45. The molecular weight excluding hydrogens is 270 g/mol. The van der Waals surface area contributed by atoms with Gasteiger partial charge in [-0.1, -0.05) is 36.8 Å². The molecule has 1 aromatic carbocycles. The van der Waals surface area contributed by atoms with Gasteiger partial charge in [-0.05, 0) is 24.8 Å². The molecule has 3 atom stereocenters. The Bertz CT molecular complexity index is 520. The van der Waals surface area contributed by atoms with Crippen LogP contribution in [-0.4, -0.2) is 33.6 Å². The van der Waals surface area contributed by atoms with Gasteiger partial charge in [-0.25, -0.2) is 0 Å². The van der Waals surface area contributed by atoms with E-state index >= 15 is 0 Å². The smallest absolute Gasteiger partial charge is 0.251 e. The van der Waals surface area contributed by atoms with Gasteiger partial charge in [0.25, 0.3) is 5.91 Å². The normalized spacial score (nSPS) is 35.9. The van der Waals surface area contributed by atoms with Crippen molar-refractivity contribution in [1.82, 2.24) is 5.32 Å². The quantitative estimate of drug-likeness (QED) is 0.779. The summed E-state index contributed by atoms with van der Waals surface area (Å²) in [7, 11) is 0. The Balaban J connectivity index is 1.82. The van der Waals surface area contributed by atoms with Crippen molar-refractivity contribution >= 4 is 5.91 Å². The largest absolute Gasteiger partial charge is 0.383 e. The fourth-order valence-electron chi connectivity index (χ4n) is 3.41. The second-order valence-corrected chi connectivity index (χ2v) is 6.05. The predicted octanol–water partition coefficient (Wildman–Crippen LogP) is 1.09. The number of amides is 1. The summed E-state index contributed by atoms with van der Waals surface area (Å²) in [4.78, 5) is 11.7. The lowest BCUT2D eigenvalue weighted by Gasteiger charge is -2.53. The molecule has 1 heterocycles. The summed E-state index contributed by atoms with van der Waals surface area (Å²) in [6, 6.07) is 9.71. The number of piperidine rings is 1. The van der Waals surface area contributed by atoms with Gasteiger partial charge in [0.15, 0.2) is 5.72 Å². The molecule has 1 saturated heterocycles. The fourth-order valence-corrected chi connectivity index (χ4v) is 3.41. The molecule has 2 aliphatic rings. The average Bonchev–Trinajstić information content (AvgIpc) is 2.48. The molecule has 1 amide bonds. The van der Waals surface area contributed by atoms with Crippen LogP contribution >= 0.6 is 0 Å². The monoisotopic (exact) mass is 291 g/mol. The molecule has 3 rings (SSSR count). The number of carbonyl (C=O) groups excluding carboxylic acids is 1. The molecule has 5 heteroatoms. The standard InChI is InChI=1S/C16H21NO4/c18-13-10-15(21-11-12-6-2-1-3-7-12)8-4-5-9-16(15,20)17-14(13)19/h1-3,6-7,13,18,20H,4-5,8-11H2,(H,17,19)/t13-,15-,16-/m1/s1. The summed E-state index contributed by atoms with van der Waals surface area (Å²) in [6.07, 6.45) is 1.86. The van der Waals surface area contributed by atoms with Gasteiger partial charge in [0.1, 0.15) is 11.7 Å². The van der Waals surface area contributed by atoms with Crippen molar-refractivity contribution in [1.29, 1.82) is 0 Å². The molecule has 2 fully saturated rings. The van der Waals surface area contributed by atoms with E-state index in [1.54, 1.807) is 0 Å². The van der Waals surface area contributed by atoms with Crippen LogP contribution in [0.4, 0.5) is 0 Å². The van der Waals surface area contributed by atoms with Gasteiger partial charge in [0.2, 0.25) is 0 Å². The van der Waals surface area contributed by atoms with Gasteiger partial charge in [-0.3, -0.25) is 4.79 Å². The minimum absolute atomic E-state index is 0.141. The molecule has 0 spiro atoms. The topological polar surface area (TPSA) is 78.8 Å². The zero-order valence-electron chi connectivity index (χ0n) is 11.9. The Morgan fingerprint density at radius 3 is 2.71 bits per heavy atom. The van der Waals surface area contributed by atoms with E-state index in [2.05, 4.69) is 5.32 Å². The lowest BCUT2D eigenvalue weighted by molar-refractivity contribution is -0.249. The number of benzene rings is 1. The molecule has 1 aliphatic heterocycles. The maximum atomic E-state index is 11.7. The number of aliphatic hydroxyl groups excluding tert-OH is 1. The van der Waals surface area contributed by atoms with Crippen LogP contribution < -0.4 is 5.32 Å². The minimum Gasteiger partial charge on any atom is -0.383 e. The third-order valence-electron chi connectivity index (χ3n) is 4.64. The van der Waals surface area contributed by atoms with E-state index in [0.717, 1.165) is 18.4 Å². The van der Waals surface area contributed by atoms with Gasteiger partial charge in [0.05, 0.1) is 6.61 Å². The third-order valence-corrected chi connectivity index (χ3v) is 4.64. The number of fused-ring (bicyclic) bond motifs is 1. The van der Waals surface area contributed by atoms with E-state index in [9.17, 15) is 15.0 Å². The van der Waals surface area contributed by atoms with E-state index in [-0.39, 0.29) is 6.42 Å². The van der Waals surface area contributed by atoms with E-state index in [0.29, 0.717) is 19.4 Å². The molecule has 21 heavy (non-hydrogen) atoms. The molecule has 1 saturated carbocycles. The van der Waals surface area contributed by atoms with Crippen molar-refractivity contribution in [3.8, 4) is 0 Å². The summed E-state index contributed by atoms with van der Waals surface area (Å²) < 4.78 is 6.06. The average molecular weight is 291 g/mol. The van der Waals surface area contributed by atoms with Crippen molar-refractivity contribution in [3.63, 3.8) is 0 Å². The highest BCUT2D eigenvalue weighted by Gasteiger charge is 2.58. The Morgan fingerprint density at radius 2 is 1.95 bits per heavy atom. The SMILES string of the molecule is O=C1N[C@@]2(O)CCCC[C@@]2(OCc2ccccc2)C[C@H]1O. The fraction of sp³-hybridized carbons (Fsp3) is 0.562. The molecule has 1 aromatic rings. The van der Waals surface area contributed by atoms with Crippen molar-refractivity contribution in [2.45, 2.75) is 56.1 Å². The Morgan fingerprint density at radius 1 is 1.24 bits per heavy atom. The number of aliphatic hydroxyl groups is 2. The van der Waals surface area contributed by atoms with Crippen molar-refractivity contribution in [2.24, 2.45) is 0 Å². The third kappa shape index (κ3) is 2.57. The summed E-state index contributed by atoms with van der Waals surface area (Å²) in [5, 5.41) is 23.3. The molecule has 0 radical (unpaired) electrons. The minimum atomic E-state index is -1.38. The first-order chi connectivity index (χ1) is 10.0. The van der Waals surface area contributed by atoms with E-state index in [1.165, 1.54) is 0 Å². The van der Waals surface area contributed by atoms with Crippen LogP contribution in [-0.2, 0) is 16.1 Å². The molecule has 0 aromatic heterocycles.